The molecule has 0 spiro atoms. The maximum absolute atomic E-state index is 10.4. The number of hydrogen-bond acceptors (Lipinski definition) is 2. The molecule has 100 valence electrons. The molecule has 3 aromatic rings. The van der Waals surface area contributed by atoms with Gasteiger partial charge in [0.25, 0.3) is 0 Å². The SMILES string of the molecule is OC(c1ccc(-c2ccccc2)cc1)c1ccc(I)s1. The molecule has 0 bridgehead atoms. The van der Waals surface area contributed by atoms with Crippen LogP contribution in [0.5, 0.6) is 0 Å². The van der Waals surface area contributed by atoms with Gasteiger partial charge in [0.05, 0.1) is 2.88 Å². The highest BCUT2D eigenvalue weighted by atomic mass is 127. The van der Waals surface area contributed by atoms with Gasteiger partial charge in [-0.15, -0.1) is 11.3 Å². The van der Waals surface area contributed by atoms with E-state index in [9.17, 15) is 5.11 Å². The second-order valence-corrected chi connectivity index (χ2v) is 7.54. The third kappa shape index (κ3) is 2.95. The van der Waals surface area contributed by atoms with E-state index < -0.39 is 6.10 Å². The Bertz CT molecular complexity index is 689. The molecule has 1 atom stereocenters. The molecule has 1 aromatic heterocycles. The zero-order valence-electron chi connectivity index (χ0n) is 10.7. The second kappa shape index (κ2) is 6.08. The molecule has 0 fully saturated rings. The molecule has 0 saturated carbocycles. The van der Waals surface area contributed by atoms with Crippen LogP contribution < -0.4 is 0 Å². The summed E-state index contributed by atoms with van der Waals surface area (Å²) in [5.41, 5.74) is 3.30. The number of aliphatic hydroxyl groups excluding tert-OH is 1. The Morgan fingerprint density at radius 2 is 1.45 bits per heavy atom. The first-order valence-electron chi connectivity index (χ1n) is 6.33. The fraction of sp³-hybridized carbons (Fsp3) is 0.0588. The molecule has 0 radical (unpaired) electrons. The molecule has 0 aliphatic rings. The summed E-state index contributed by atoms with van der Waals surface area (Å²) in [6, 6.07) is 22.4. The first kappa shape index (κ1) is 13.8. The molecule has 3 rings (SSSR count). The van der Waals surface area contributed by atoms with Gasteiger partial charge >= 0.3 is 0 Å². The van der Waals surface area contributed by atoms with Gasteiger partial charge in [0.1, 0.15) is 6.10 Å². The summed E-state index contributed by atoms with van der Waals surface area (Å²) in [5, 5.41) is 10.4. The van der Waals surface area contributed by atoms with Crippen LogP contribution in [0.15, 0.2) is 66.7 Å². The summed E-state index contributed by atoms with van der Waals surface area (Å²) in [6.07, 6.45) is -0.534. The third-order valence-corrected chi connectivity index (χ3v) is 5.14. The minimum absolute atomic E-state index is 0.534. The summed E-state index contributed by atoms with van der Waals surface area (Å²) < 4.78 is 1.19. The summed E-state index contributed by atoms with van der Waals surface area (Å²) in [6.45, 7) is 0. The van der Waals surface area contributed by atoms with Crippen molar-refractivity contribution in [3.8, 4) is 11.1 Å². The highest BCUT2D eigenvalue weighted by molar-refractivity contribution is 14.1. The Hall–Kier alpha value is -1.17. The molecule has 2 aromatic carbocycles. The predicted octanol–water partition coefficient (Wildman–Crippen LogP) is 5.10. The summed E-state index contributed by atoms with van der Waals surface area (Å²) in [7, 11) is 0. The monoisotopic (exact) mass is 392 g/mol. The average molecular weight is 392 g/mol. The maximum Gasteiger partial charge on any atom is 0.113 e. The van der Waals surface area contributed by atoms with E-state index in [0.717, 1.165) is 10.4 Å². The van der Waals surface area contributed by atoms with Crippen LogP contribution >= 0.6 is 33.9 Å². The molecule has 1 N–H and O–H groups in total. The number of rotatable bonds is 3. The van der Waals surface area contributed by atoms with Gasteiger partial charge in [0, 0.05) is 4.88 Å². The van der Waals surface area contributed by atoms with Crippen molar-refractivity contribution in [2.45, 2.75) is 6.10 Å². The van der Waals surface area contributed by atoms with Crippen LogP contribution in [-0.4, -0.2) is 5.11 Å². The highest BCUT2D eigenvalue weighted by Gasteiger charge is 2.12. The standard InChI is InChI=1S/C17H13IOS/c18-16-11-10-15(20-16)17(19)14-8-6-13(7-9-14)12-4-2-1-3-5-12/h1-11,17,19H. The van der Waals surface area contributed by atoms with Crippen LogP contribution in [0.3, 0.4) is 0 Å². The lowest BCUT2D eigenvalue weighted by atomic mass is 10.0. The minimum Gasteiger partial charge on any atom is -0.383 e. The lowest BCUT2D eigenvalue weighted by Gasteiger charge is -2.10. The quantitative estimate of drug-likeness (QED) is 0.615. The molecular weight excluding hydrogens is 379 g/mol. The van der Waals surface area contributed by atoms with E-state index in [1.807, 2.05) is 42.5 Å². The van der Waals surface area contributed by atoms with Gasteiger partial charge in [0.15, 0.2) is 0 Å². The van der Waals surface area contributed by atoms with Gasteiger partial charge in [-0.05, 0) is 51.4 Å². The van der Waals surface area contributed by atoms with Crippen LogP contribution in [-0.2, 0) is 0 Å². The van der Waals surface area contributed by atoms with Crippen molar-refractivity contribution in [1.29, 1.82) is 0 Å². The van der Waals surface area contributed by atoms with Crippen molar-refractivity contribution in [2.24, 2.45) is 0 Å². The number of hydrogen-bond donors (Lipinski definition) is 1. The summed E-state index contributed by atoms with van der Waals surface area (Å²) >= 11 is 3.90. The Morgan fingerprint density at radius 3 is 2.05 bits per heavy atom. The molecule has 0 amide bonds. The highest BCUT2D eigenvalue weighted by Crippen LogP contribution is 2.30. The predicted molar refractivity (Wildman–Crippen MR) is 93.0 cm³/mol. The van der Waals surface area contributed by atoms with Gasteiger partial charge in [-0.1, -0.05) is 54.6 Å². The first-order chi connectivity index (χ1) is 9.74. The van der Waals surface area contributed by atoms with Crippen molar-refractivity contribution in [2.75, 3.05) is 0 Å². The Labute approximate surface area is 136 Å². The van der Waals surface area contributed by atoms with Gasteiger partial charge in [0.2, 0.25) is 0 Å². The molecule has 20 heavy (non-hydrogen) atoms. The van der Waals surface area contributed by atoms with Gasteiger partial charge in [-0.3, -0.25) is 0 Å². The molecule has 0 saturated heterocycles. The van der Waals surface area contributed by atoms with Gasteiger partial charge in [-0.2, -0.15) is 0 Å². The van der Waals surface area contributed by atoms with E-state index in [1.54, 1.807) is 11.3 Å². The largest absolute Gasteiger partial charge is 0.383 e. The zero-order valence-corrected chi connectivity index (χ0v) is 13.6. The molecule has 1 heterocycles. The fourth-order valence-electron chi connectivity index (χ4n) is 2.13. The van der Waals surface area contributed by atoms with Crippen molar-refractivity contribution in [3.63, 3.8) is 0 Å². The Balaban J connectivity index is 1.86. The fourth-order valence-corrected chi connectivity index (χ4v) is 3.82. The van der Waals surface area contributed by atoms with E-state index in [-0.39, 0.29) is 0 Å². The number of aliphatic hydroxyl groups is 1. The molecular formula is C17H13IOS. The van der Waals surface area contributed by atoms with Crippen molar-refractivity contribution < 1.29 is 5.11 Å². The average Bonchev–Trinajstić information content (AvgIpc) is 2.94. The van der Waals surface area contributed by atoms with Crippen LogP contribution in [0.4, 0.5) is 0 Å². The summed E-state index contributed by atoms with van der Waals surface area (Å²) in [4.78, 5) is 0.988. The Kier molecular flexibility index (Phi) is 4.19. The third-order valence-electron chi connectivity index (χ3n) is 3.20. The van der Waals surface area contributed by atoms with Gasteiger partial charge in [-0.25, -0.2) is 0 Å². The van der Waals surface area contributed by atoms with Gasteiger partial charge < -0.3 is 5.11 Å². The molecule has 0 aliphatic carbocycles. The van der Waals surface area contributed by atoms with E-state index in [1.165, 1.54) is 14.0 Å². The van der Waals surface area contributed by atoms with Crippen LogP contribution in [0, 0.1) is 2.88 Å². The van der Waals surface area contributed by atoms with Crippen molar-refractivity contribution >= 4 is 33.9 Å². The van der Waals surface area contributed by atoms with E-state index in [2.05, 4.69) is 46.9 Å². The lowest BCUT2D eigenvalue weighted by molar-refractivity contribution is 0.224. The van der Waals surface area contributed by atoms with E-state index in [4.69, 9.17) is 0 Å². The summed E-state index contributed by atoms with van der Waals surface area (Å²) in [5.74, 6) is 0. The Morgan fingerprint density at radius 1 is 0.800 bits per heavy atom. The zero-order chi connectivity index (χ0) is 13.9. The minimum atomic E-state index is -0.534. The molecule has 1 unspecified atom stereocenters. The number of thiophene rings is 1. The lowest BCUT2D eigenvalue weighted by Crippen LogP contribution is -1.96. The van der Waals surface area contributed by atoms with E-state index in [0.29, 0.717) is 0 Å². The molecule has 0 aliphatic heterocycles. The van der Waals surface area contributed by atoms with Crippen LogP contribution in [0.1, 0.15) is 16.5 Å². The molecule has 1 nitrogen and oxygen atoms in total. The smallest absolute Gasteiger partial charge is 0.113 e. The van der Waals surface area contributed by atoms with E-state index >= 15 is 0 Å². The van der Waals surface area contributed by atoms with Crippen molar-refractivity contribution in [1.82, 2.24) is 0 Å². The second-order valence-electron chi connectivity index (χ2n) is 4.53. The molecule has 3 heteroatoms. The van der Waals surface area contributed by atoms with Crippen molar-refractivity contribution in [3.05, 3.63) is 80.1 Å². The topological polar surface area (TPSA) is 20.2 Å². The number of halogens is 1. The first-order valence-corrected chi connectivity index (χ1v) is 8.22. The normalized spacial score (nSPS) is 12.3. The van der Waals surface area contributed by atoms with Crippen LogP contribution in [0.25, 0.3) is 11.1 Å². The number of benzene rings is 2. The van der Waals surface area contributed by atoms with Crippen LogP contribution in [0.2, 0.25) is 0 Å². The maximum atomic E-state index is 10.4.